The Hall–Kier alpha value is -3.06. The summed E-state index contributed by atoms with van der Waals surface area (Å²) in [4.78, 5) is 27.6. The summed E-state index contributed by atoms with van der Waals surface area (Å²) in [7, 11) is 0. The van der Waals surface area contributed by atoms with Crippen molar-refractivity contribution >= 4 is 17.8 Å². The monoisotopic (exact) mass is 381 g/mol. The van der Waals surface area contributed by atoms with Gasteiger partial charge in [-0.3, -0.25) is 0 Å². The van der Waals surface area contributed by atoms with Gasteiger partial charge in [0.05, 0.1) is 19.7 Å². The van der Waals surface area contributed by atoms with Crippen molar-refractivity contribution < 1.29 is 19.1 Å². The summed E-state index contributed by atoms with van der Waals surface area (Å²) in [6.45, 7) is 3.15. The molecule has 0 bridgehead atoms. The zero-order valence-corrected chi connectivity index (χ0v) is 15.5. The molecule has 3 amide bonds. The first-order chi connectivity index (χ1) is 13.7. The van der Waals surface area contributed by atoms with Crippen LogP contribution in [-0.4, -0.2) is 54.8 Å². The number of nitrogens with zero attached hydrogens (tertiary/aromatic N) is 2. The van der Waals surface area contributed by atoms with Crippen LogP contribution in [0.4, 0.5) is 15.3 Å². The van der Waals surface area contributed by atoms with Crippen LogP contribution in [0.1, 0.15) is 17.2 Å². The lowest BCUT2D eigenvalue weighted by Crippen LogP contribution is -2.44. The summed E-state index contributed by atoms with van der Waals surface area (Å²) in [6.07, 6.45) is -0.388. The first-order valence-electron chi connectivity index (χ1n) is 9.42. The third-order valence-corrected chi connectivity index (χ3v) is 4.95. The van der Waals surface area contributed by atoms with E-state index in [2.05, 4.69) is 5.32 Å². The number of nitrogens with one attached hydrogen (secondary N) is 1. The van der Waals surface area contributed by atoms with Crippen molar-refractivity contribution in [2.45, 2.75) is 12.6 Å². The molecule has 2 heterocycles. The average molecular weight is 381 g/mol. The van der Waals surface area contributed by atoms with E-state index >= 15 is 0 Å². The highest BCUT2D eigenvalue weighted by Crippen LogP contribution is 2.22. The van der Waals surface area contributed by atoms with Gasteiger partial charge in [0.1, 0.15) is 12.7 Å². The van der Waals surface area contributed by atoms with Crippen molar-refractivity contribution in [1.29, 1.82) is 0 Å². The van der Waals surface area contributed by atoms with E-state index in [9.17, 15) is 9.59 Å². The molecule has 2 aliphatic heterocycles. The van der Waals surface area contributed by atoms with Crippen LogP contribution in [0.2, 0.25) is 0 Å². The summed E-state index contributed by atoms with van der Waals surface area (Å²) >= 11 is 0. The average Bonchev–Trinajstić information content (AvgIpc) is 3.14. The minimum absolute atomic E-state index is 0.108. The molecule has 0 aromatic heterocycles. The van der Waals surface area contributed by atoms with Gasteiger partial charge in [0.15, 0.2) is 0 Å². The van der Waals surface area contributed by atoms with Gasteiger partial charge >= 0.3 is 12.1 Å². The van der Waals surface area contributed by atoms with Gasteiger partial charge in [0, 0.05) is 18.8 Å². The lowest BCUT2D eigenvalue weighted by Gasteiger charge is -2.33. The molecule has 7 heteroatoms. The number of hydrogen-bond donors (Lipinski definition) is 1. The van der Waals surface area contributed by atoms with Gasteiger partial charge in [-0.2, -0.15) is 0 Å². The predicted octanol–water partition coefficient (Wildman–Crippen LogP) is 3.24. The maximum absolute atomic E-state index is 12.6. The Morgan fingerprint density at radius 2 is 1.82 bits per heavy atom. The number of morpholine rings is 1. The maximum Gasteiger partial charge on any atom is 0.410 e. The fourth-order valence-electron chi connectivity index (χ4n) is 3.39. The fourth-order valence-corrected chi connectivity index (χ4v) is 3.39. The minimum Gasteiger partial charge on any atom is -0.448 e. The van der Waals surface area contributed by atoms with Gasteiger partial charge in [-0.15, -0.1) is 0 Å². The highest BCUT2D eigenvalue weighted by atomic mass is 16.6. The molecule has 2 fully saturated rings. The highest BCUT2D eigenvalue weighted by molar-refractivity contribution is 5.89. The molecule has 1 N–H and O–H groups in total. The topological polar surface area (TPSA) is 71.1 Å². The van der Waals surface area contributed by atoms with Crippen LogP contribution >= 0.6 is 0 Å². The molecule has 1 unspecified atom stereocenters. The Labute approximate surface area is 163 Å². The molecule has 0 spiro atoms. The van der Waals surface area contributed by atoms with Crippen molar-refractivity contribution in [3.8, 4) is 0 Å². The largest absolute Gasteiger partial charge is 0.448 e. The minimum atomic E-state index is -0.280. The van der Waals surface area contributed by atoms with E-state index in [-0.39, 0.29) is 18.2 Å². The van der Waals surface area contributed by atoms with Crippen LogP contribution in [0, 0.1) is 0 Å². The van der Waals surface area contributed by atoms with Crippen molar-refractivity contribution in [1.82, 2.24) is 9.80 Å². The number of benzene rings is 2. The second kappa shape index (κ2) is 8.31. The number of cyclic esters (lactones) is 1. The Bertz CT molecular complexity index is 825. The Kier molecular flexibility index (Phi) is 5.43. The van der Waals surface area contributed by atoms with E-state index in [0.29, 0.717) is 39.4 Å². The number of ether oxygens (including phenoxy) is 2. The van der Waals surface area contributed by atoms with Crippen LogP contribution in [0.15, 0.2) is 54.6 Å². The molecule has 28 heavy (non-hydrogen) atoms. The smallest absolute Gasteiger partial charge is 0.410 e. The molecule has 2 aromatic carbocycles. The molecule has 146 valence electrons. The summed E-state index contributed by atoms with van der Waals surface area (Å²) < 4.78 is 10.8. The SMILES string of the molecule is O=C(Nc1ccc(CN2CCOC2=O)cc1)N1CCOC(c2ccccc2)C1. The summed E-state index contributed by atoms with van der Waals surface area (Å²) in [5.74, 6) is 0. The summed E-state index contributed by atoms with van der Waals surface area (Å²) in [6, 6.07) is 17.3. The lowest BCUT2D eigenvalue weighted by atomic mass is 10.1. The van der Waals surface area contributed by atoms with Crippen LogP contribution in [0.3, 0.4) is 0 Å². The Morgan fingerprint density at radius 3 is 2.54 bits per heavy atom. The van der Waals surface area contributed by atoms with E-state index in [1.54, 1.807) is 9.80 Å². The number of carbonyl (C=O) groups is 2. The number of hydrogen-bond acceptors (Lipinski definition) is 4. The second-order valence-corrected chi connectivity index (χ2v) is 6.88. The molecular formula is C21H23N3O4. The molecule has 2 saturated heterocycles. The van der Waals surface area contributed by atoms with Crippen molar-refractivity contribution in [2.75, 3.05) is 38.2 Å². The van der Waals surface area contributed by atoms with Gasteiger partial charge in [0.2, 0.25) is 0 Å². The quantitative estimate of drug-likeness (QED) is 0.883. The molecule has 1 atom stereocenters. The van der Waals surface area contributed by atoms with E-state index < -0.39 is 0 Å². The zero-order valence-electron chi connectivity index (χ0n) is 15.5. The van der Waals surface area contributed by atoms with Gasteiger partial charge in [0.25, 0.3) is 0 Å². The van der Waals surface area contributed by atoms with E-state index in [1.165, 1.54) is 0 Å². The first-order valence-corrected chi connectivity index (χ1v) is 9.42. The number of amides is 3. The van der Waals surface area contributed by atoms with Gasteiger partial charge in [-0.1, -0.05) is 42.5 Å². The van der Waals surface area contributed by atoms with Crippen LogP contribution in [-0.2, 0) is 16.0 Å². The van der Waals surface area contributed by atoms with Crippen LogP contribution < -0.4 is 5.32 Å². The molecule has 4 rings (SSSR count). The van der Waals surface area contributed by atoms with E-state index in [4.69, 9.17) is 9.47 Å². The third-order valence-electron chi connectivity index (χ3n) is 4.95. The standard InChI is InChI=1S/C21H23N3O4/c25-20(23-10-12-27-19(15-23)17-4-2-1-3-5-17)22-18-8-6-16(7-9-18)14-24-11-13-28-21(24)26/h1-9,19H,10-15H2,(H,22,25). The lowest BCUT2D eigenvalue weighted by molar-refractivity contribution is -0.0135. The predicted molar refractivity (Wildman–Crippen MR) is 104 cm³/mol. The van der Waals surface area contributed by atoms with Crippen LogP contribution in [0.5, 0.6) is 0 Å². The number of urea groups is 1. The molecule has 0 aliphatic carbocycles. The Morgan fingerprint density at radius 1 is 1.04 bits per heavy atom. The number of rotatable bonds is 4. The molecular weight excluding hydrogens is 358 g/mol. The number of anilines is 1. The molecule has 0 radical (unpaired) electrons. The van der Waals surface area contributed by atoms with Crippen LogP contribution in [0.25, 0.3) is 0 Å². The van der Waals surface area contributed by atoms with Gasteiger partial charge < -0.3 is 24.6 Å². The Balaban J connectivity index is 1.33. The highest BCUT2D eigenvalue weighted by Gasteiger charge is 2.25. The van der Waals surface area contributed by atoms with E-state index in [1.807, 2.05) is 54.6 Å². The van der Waals surface area contributed by atoms with Crippen molar-refractivity contribution in [2.24, 2.45) is 0 Å². The molecule has 7 nitrogen and oxygen atoms in total. The summed E-state index contributed by atoms with van der Waals surface area (Å²) in [5, 5.41) is 2.94. The number of carbonyl (C=O) groups excluding carboxylic acids is 2. The fraction of sp³-hybridized carbons (Fsp3) is 0.333. The molecule has 0 saturated carbocycles. The normalized spacial score (nSPS) is 19.4. The summed E-state index contributed by atoms with van der Waals surface area (Å²) in [5.41, 5.74) is 2.79. The van der Waals surface area contributed by atoms with E-state index in [0.717, 1.165) is 16.8 Å². The molecule has 2 aromatic rings. The van der Waals surface area contributed by atoms with Gasteiger partial charge in [-0.25, -0.2) is 9.59 Å². The first kappa shape index (κ1) is 18.3. The van der Waals surface area contributed by atoms with Gasteiger partial charge in [-0.05, 0) is 23.3 Å². The molecule has 2 aliphatic rings. The third kappa shape index (κ3) is 4.26. The zero-order chi connectivity index (χ0) is 19.3. The van der Waals surface area contributed by atoms with Crippen molar-refractivity contribution in [3.63, 3.8) is 0 Å². The second-order valence-electron chi connectivity index (χ2n) is 6.88. The van der Waals surface area contributed by atoms with Crippen molar-refractivity contribution in [3.05, 3.63) is 65.7 Å². The maximum atomic E-state index is 12.6.